The normalized spacial score (nSPS) is 18.8. The molecule has 0 amide bonds. The standard InChI is InChI=1S/C20H20O4/c1-4-7-16(17-18(21)23-20(2,3)24-19(17)22)15-11-10-13-8-5-6-9-14(13)12-15/h4-6,8-12,16-17H,1,7H2,2-3H3. The fraction of sp³-hybridized carbons (Fsp3) is 0.300. The van der Waals surface area contributed by atoms with E-state index < -0.39 is 23.6 Å². The van der Waals surface area contributed by atoms with Crippen LogP contribution < -0.4 is 0 Å². The van der Waals surface area contributed by atoms with Crippen LogP contribution in [-0.4, -0.2) is 17.7 Å². The lowest BCUT2D eigenvalue weighted by molar-refractivity contribution is -0.241. The third-order valence-electron chi connectivity index (χ3n) is 4.23. The van der Waals surface area contributed by atoms with Crippen molar-refractivity contribution in [2.24, 2.45) is 5.92 Å². The zero-order valence-electron chi connectivity index (χ0n) is 13.8. The predicted molar refractivity (Wildman–Crippen MR) is 91.3 cm³/mol. The quantitative estimate of drug-likeness (QED) is 0.485. The molecule has 4 heteroatoms. The molecule has 0 bridgehead atoms. The molecular weight excluding hydrogens is 304 g/mol. The number of hydrogen-bond acceptors (Lipinski definition) is 4. The van der Waals surface area contributed by atoms with Crippen LogP contribution in [0.25, 0.3) is 10.8 Å². The molecule has 4 nitrogen and oxygen atoms in total. The number of cyclic esters (lactones) is 2. The van der Waals surface area contributed by atoms with Crippen LogP contribution in [0.15, 0.2) is 55.1 Å². The van der Waals surface area contributed by atoms with E-state index in [4.69, 9.17) is 9.47 Å². The van der Waals surface area contributed by atoms with E-state index in [0.29, 0.717) is 6.42 Å². The minimum atomic E-state index is -1.22. The molecule has 1 heterocycles. The summed E-state index contributed by atoms with van der Waals surface area (Å²) in [6, 6.07) is 13.9. The summed E-state index contributed by atoms with van der Waals surface area (Å²) in [7, 11) is 0. The number of rotatable bonds is 4. The second-order valence-corrected chi connectivity index (χ2v) is 6.46. The monoisotopic (exact) mass is 324 g/mol. The SMILES string of the molecule is C=CCC(c1ccc2ccccc2c1)C1C(=O)OC(C)(C)OC1=O. The number of fused-ring (bicyclic) bond motifs is 1. The van der Waals surface area contributed by atoms with Crippen LogP contribution in [-0.2, 0) is 19.1 Å². The zero-order chi connectivity index (χ0) is 17.3. The van der Waals surface area contributed by atoms with E-state index in [1.54, 1.807) is 19.9 Å². The Labute approximate surface area is 141 Å². The molecule has 0 aromatic heterocycles. The summed E-state index contributed by atoms with van der Waals surface area (Å²) in [5.74, 6) is -3.64. The van der Waals surface area contributed by atoms with Gasteiger partial charge in [0, 0.05) is 19.8 Å². The zero-order valence-corrected chi connectivity index (χ0v) is 13.8. The fourth-order valence-corrected chi connectivity index (χ4v) is 3.14. The van der Waals surface area contributed by atoms with Crippen molar-refractivity contribution in [3.63, 3.8) is 0 Å². The van der Waals surface area contributed by atoms with E-state index in [1.807, 2.05) is 42.5 Å². The van der Waals surface area contributed by atoms with Gasteiger partial charge in [-0.1, -0.05) is 48.5 Å². The Morgan fingerprint density at radius 3 is 2.33 bits per heavy atom. The molecule has 1 fully saturated rings. The van der Waals surface area contributed by atoms with Gasteiger partial charge < -0.3 is 9.47 Å². The number of ether oxygens (including phenoxy) is 2. The molecule has 24 heavy (non-hydrogen) atoms. The molecule has 124 valence electrons. The lowest BCUT2D eigenvalue weighted by atomic mass is 9.82. The summed E-state index contributed by atoms with van der Waals surface area (Å²) < 4.78 is 10.6. The lowest BCUT2D eigenvalue weighted by Crippen LogP contribution is -2.48. The molecule has 1 atom stereocenters. The van der Waals surface area contributed by atoms with Crippen LogP contribution in [0.4, 0.5) is 0 Å². The highest BCUT2D eigenvalue weighted by atomic mass is 16.7. The molecular formula is C20H20O4. The van der Waals surface area contributed by atoms with Crippen molar-refractivity contribution >= 4 is 22.7 Å². The Morgan fingerprint density at radius 1 is 1.08 bits per heavy atom. The van der Waals surface area contributed by atoms with Gasteiger partial charge in [-0.2, -0.15) is 0 Å². The molecule has 1 aliphatic heterocycles. The van der Waals surface area contributed by atoms with Crippen molar-refractivity contribution < 1.29 is 19.1 Å². The Morgan fingerprint density at radius 2 is 1.71 bits per heavy atom. The minimum Gasteiger partial charge on any atom is -0.422 e. The highest BCUT2D eigenvalue weighted by Gasteiger charge is 2.47. The topological polar surface area (TPSA) is 52.6 Å². The Bertz CT molecular complexity index is 786. The van der Waals surface area contributed by atoms with Gasteiger partial charge in [-0.3, -0.25) is 9.59 Å². The lowest BCUT2D eigenvalue weighted by Gasteiger charge is -2.35. The van der Waals surface area contributed by atoms with E-state index in [1.165, 1.54) is 0 Å². The summed E-state index contributed by atoms with van der Waals surface area (Å²) in [5, 5.41) is 2.16. The number of allylic oxidation sites excluding steroid dienone is 1. The van der Waals surface area contributed by atoms with Gasteiger partial charge in [-0.25, -0.2) is 0 Å². The number of benzene rings is 2. The number of carbonyl (C=O) groups is 2. The van der Waals surface area contributed by atoms with Gasteiger partial charge in [0.1, 0.15) is 0 Å². The summed E-state index contributed by atoms with van der Waals surface area (Å²) in [4.78, 5) is 24.8. The molecule has 0 radical (unpaired) electrons. The Kier molecular flexibility index (Phi) is 4.14. The summed E-state index contributed by atoms with van der Waals surface area (Å²) >= 11 is 0. The van der Waals surface area contributed by atoms with E-state index in [-0.39, 0.29) is 5.92 Å². The van der Waals surface area contributed by atoms with Gasteiger partial charge >= 0.3 is 11.9 Å². The van der Waals surface area contributed by atoms with Gasteiger partial charge in [0.2, 0.25) is 0 Å². The molecule has 1 aliphatic rings. The van der Waals surface area contributed by atoms with Gasteiger partial charge in [0.25, 0.3) is 5.79 Å². The molecule has 0 N–H and O–H groups in total. The molecule has 2 aromatic rings. The van der Waals surface area contributed by atoms with E-state index >= 15 is 0 Å². The number of esters is 2. The molecule has 0 saturated carbocycles. The second kappa shape index (κ2) is 6.11. The van der Waals surface area contributed by atoms with E-state index in [2.05, 4.69) is 6.58 Å². The molecule has 0 aliphatic carbocycles. The molecule has 0 spiro atoms. The van der Waals surface area contributed by atoms with E-state index in [9.17, 15) is 9.59 Å². The minimum absolute atomic E-state index is 0.358. The van der Waals surface area contributed by atoms with Crippen molar-refractivity contribution in [1.29, 1.82) is 0 Å². The number of carbonyl (C=O) groups excluding carboxylic acids is 2. The van der Waals surface area contributed by atoms with Crippen molar-refractivity contribution in [2.45, 2.75) is 32.0 Å². The van der Waals surface area contributed by atoms with Crippen LogP contribution in [0, 0.1) is 5.92 Å². The second-order valence-electron chi connectivity index (χ2n) is 6.46. The Balaban J connectivity index is 2.00. The number of hydrogen-bond donors (Lipinski definition) is 0. The van der Waals surface area contributed by atoms with Crippen LogP contribution >= 0.6 is 0 Å². The highest BCUT2D eigenvalue weighted by Crippen LogP contribution is 2.36. The maximum Gasteiger partial charge on any atom is 0.324 e. The first kappa shape index (κ1) is 16.2. The maximum atomic E-state index is 12.4. The van der Waals surface area contributed by atoms with Gasteiger partial charge in [-0.15, -0.1) is 6.58 Å². The van der Waals surface area contributed by atoms with Crippen LogP contribution in [0.5, 0.6) is 0 Å². The first-order chi connectivity index (χ1) is 11.4. The Hall–Kier alpha value is -2.62. The molecule has 1 saturated heterocycles. The van der Waals surface area contributed by atoms with Gasteiger partial charge in [0.05, 0.1) is 0 Å². The average Bonchev–Trinajstić information content (AvgIpc) is 2.52. The smallest absolute Gasteiger partial charge is 0.324 e. The highest BCUT2D eigenvalue weighted by molar-refractivity contribution is 5.98. The third kappa shape index (κ3) is 3.04. The summed E-state index contributed by atoms with van der Waals surface area (Å²) in [6.45, 7) is 6.86. The van der Waals surface area contributed by atoms with Crippen LogP contribution in [0.3, 0.4) is 0 Å². The summed E-state index contributed by atoms with van der Waals surface area (Å²) in [6.07, 6.45) is 2.19. The largest absolute Gasteiger partial charge is 0.422 e. The maximum absolute atomic E-state index is 12.4. The van der Waals surface area contributed by atoms with Crippen molar-refractivity contribution in [2.75, 3.05) is 0 Å². The molecule has 3 rings (SSSR count). The molecule has 1 unspecified atom stereocenters. The fourth-order valence-electron chi connectivity index (χ4n) is 3.14. The van der Waals surface area contributed by atoms with Crippen molar-refractivity contribution in [3.05, 3.63) is 60.7 Å². The average molecular weight is 324 g/mol. The van der Waals surface area contributed by atoms with Crippen molar-refractivity contribution in [3.8, 4) is 0 Å². The summed E-state index contributed by atoms with van der Waals surface area (Å²) in [5.41, 5.74) is 0.896. The van der Waals surface area contributed by atoms with Crippen LogP contribution in [0.1, 0.15) is 31.7 Å². The van der Waals surface area contributed by atoms with E-state index in [0.717, 1.165) is 16.3 Å². The third-order valence-corrected chi connectivity index (χ3v) is 4.23. The van der Waals surface area contributed by atoms with Gasteiger partial charge in [0.15, 0.2) is 5.92 Å². The van der Waals surface area contributed by atoms with Crippen LogP contribution in [0.2, 0.25) is 0 Å². The van der Waals surface area contributed by atoms with Crippen molar-refractivity contribution in [1.82, 2.24) is 0 Å². The molecule has 2 aromatic carbocycles. The first-order valence-corrected chi connectivity index (χ1v) is 7.96. The van der Waals surface area contributed by atoms with Gasteiger partial charge in [-0.05, 0) is 22.8 Å². The first-order valence-electron chi connectivity index (χ1n) is 7.96. The predicted octanol–water partition coefficient (Wildman–Crippen LogP) is 3.95.